The first-order chi connectivity index (χ1) is 4.33. The standard InChI is InChI=1S/C3H7N5O/c1-8-6-3(2-9-4)5-7-8/h2,4H2,1H3. The fourth-order valence-corrected chi connectivity index (χ4v) is 0.456. The molecule has 1 aromatic heterocycles. The van der Waals surface area contributed by atoms with Crippen LogP contribution in [0.5, 0.6) is 0 Å². The lowest BCUT2D eigenvalue weighted by Crippen LogP contribution is -2.01. The minimum absolute atomic E-state index is 0.202. The van der Waals surface area contributed by atoms with Crippen LogP contribution in [-0.2, 0) is 18.5 Å². The summed E-state index contributed by atoms with van der Waals surface area (Å²) in [5.74, 6) is 5.24. The van der Waals surface area contributed by atoms with Gasteiger partial charge in [0.2, 0.25) is 5.82 Å². The van der Waals surface area contributed by atoms with Gasteiger partial charge in [-0.15, -0.1) is 10.2 Å². The van der Waals surface area contributed by atoms with E-state index < -0.39 is 0 Å². The zero-order valence-electron chi connectivity index (χ0n) is 4.98. The number of aryl methyl sites for hydroxylation is 1. The normalized spacial score (nSPS) is 10.0. The molecule has 0 radical (unpaired) electrons. The molecule has 0 aliphatic rings. The second-order valence-corrected chi connectivity index (χ2v) is 1.51. The van der Waals surface area contributed by atoms with E-state index in [4.69, 9.17) is 5.90 Å². The highest BCUT2D eigenvalue weighted by molar-refractivity contribution is 4.70. The van der Waals surface area contributed by atoms with Crippen LogP contribution in [0.4, 0.5) is 0 Å². The molecular formula is C3H7N5O. The number of nitrogens with zero attached hydrogens (tertiary/aromatic N) is 4. The molecule has 0 aliphatic heterocycles. The van der Waals surface area contributed by atoms with E-state index in [1.165, 1.54) is 4.80 Å². The van der Waals surface area contributed by atoms with E-state index in [0.29, 0.717) is 5.82 Å². The van der Waals surface area contributed by atoms with Crippen molar-refractivity contribution in [3.8, 4) is 0 Å². The van der Waals surface area contributed by atoms with Gasteiger partial charge in [-0.25, -0.2) is 5.90 Å². The highest BCUT2D eigenvalue weighted by Crippen LogP contribution is 1.83. The van der Waals surface area contributed by atoms with Crippen molar-refractivity contribution in [1.29, 1.82) is 0 Å². The lowest BCUT2D eigenvalue weighted by molar-refractivity contribution is 0.118. The van der Waals surface area contributed by atoms with Gasteiger partial charge in [0.05, 0.1) is 7.05 Å². The minimum atomic E-state index is 0.202. The van der Waals surface area contributed by atoms with Crippen LogP contribution in [0.25, 0.3) is 0 Å². The van der Waals surface area contributed by atoms with Crippen molar-refractivity contribution >= 4 is 0 Å². The van der Waals surface area contributed by atoms with E-state index in [1.807, 2.05) is 0 Å². The molecular weight excluding hydrogens is 122 g/mol. The molecule has 6 heteroatoms. The van der Waals surface area contributed by atoms with Gasteiger partial charge in [0.25, 0.3) is 0 Å². The minimum Gasteiger partial charge on any atom is -0.296 e. The second kappa shape index (κ2) is 2.51. The number of rotatable bonds is 2. The Morgan fingerprint density at radius 1 is 1.78 bits per heavy atom. The van der Waals surface area contributed by atoms with Gasteiger partial charge in [0.15, 0.2) is 0 Å². The Hall–Kier alpha value is -1.01. The summed E-state index contributed by atoms with van der Waals surface area (Å²) in [4.78, 5) is 5.60. The maximum Gasteiger partial charge on any atom is 0.202 e. The lowest BCUT2D eigenvalue weighted by atomic mass is 10.7. The van der Waals surface area contributed by atoms with Crippen LogP contribution in [-0.4, -0.2) is 20.2 Å². The predicted molar refractivity (Wildman–Crippen MR) is 27.8 cm³/mol. The van der Waals surface area contributed by atoms with Gasteiger partial charge in [-0.1, -0.05) is 0 Å². The summed E-state index contributed by atoms with van der Waals surface area (Å²) >= 11 is 0. The van der Waals surface area contributed by atoms with Gasteiger partial charge >= 0.3 is 0 Å². The van der Waals surface area contributed by atoms with Crippen LogP contribution in [0.3, 0.4) is 0 Å². The highest BCUT2D eigenvalue weighted by atomic mass is 16.6. The van der Waals surface area contributed by atoms with E-state index in [-0.39, 0.29) is 6.61 Å². The zero-order valence-corrected chi connectivity index (χ0v) is 4.98. The van der Waals surface area contributed by atoms with Crippen molar-refractivity contribution in [2.24, 2.45) is 12.9 Å². The van der Waals surface area contributed by atoms with Crippen molar-refractivity contribution in [3.05, 3.63) is 5.82 Å². The number of aromatic nitrogens is 4. The molecule has 2 N–H and O–H groups in total. The summed E-state index contributed by atoms with van der Waals surface area (Å²) in [7, 11) is 1.67. The Balaban J connectivity index is 2.61. The quantitative estimate of drug-likeness (QED) is 0.497. The Morgan fingerprint density at radius 3 is 3.00 bits per heavy atom. The van der Waals surface area contributed by atoms with Crippen LogP contribution >= 0.6 is 0 Å². The van der Waals surface area contributed by atoms with Crippen molar-refractivity contribution in [2.45, 2.75) is 6.61 Å². The number of hydrogen-bond acceptors (Lipinski definition) is 5. The molecule has 0 atom stereocenters. The fraction of sp³-hybridized carbons (Fsp3) is 0.667. The molecule has 0 saturated heterocycles. The Labute approximate surface area is 51.6 Å². The molecule has 1 aromatic rings. The molecule has 0 aromatic carbocycles. The average molecular weight is 129 g/mol. The first-order valence-corrected chi connectivity index (χ1v) is 2.37. The van der Waals surface area contributed by atoms with Gasteiger partial charge in [-0.2, -0.15) is 4.80 Å². The maximum atomic E-state index is 4.75. The third-order valence-corrected chi connectivity index (χ3v) is 0.762. The topological polar surface area (TPSA) is 78.8 Å². The van der Waals surface area contributed by atoms with Crippen LogP contribution in [0, 0.1) is 0 Å². The predicted octanol–water partition coefficient (Wildman–Crippen LogP) is -1.40. The summed E-state index contributed by atoms with van der Waals surface area (Å²) in [5.41, 5.74) is 0. The zero-order chi connectivity index (χ0) is 6.69. The molecule has 0 saturated carbocycles. The van der Waals surface area contributed by atoms with E-state index in [0.717, 1.165) is 0 Å². The molecule has 6 nitrogen and oxygen atoms in total. The van der Waals surface area contributed by atoms with E-state index in [9.17, 15) is 0 Å². The van der Waals surface area contributed by atoms with E-state index in [1.54, 1.807) is 7.05 Å². The average Bonchev–Trinajstić information content (AvgIpc) is 2.17. The Morgan fingerprint density at radius 2 is 2.56 bits per heavy atom. The number of hydrogen-bond donors (Lipinski definition) is 1. The van der Waals surface area contributed by atoms with Crippen LogP contribution in [0.1, 0.15) is 5.82 Å². The number of nitrogens with two attached hydrogens (primary N) is 1. The second-order valence-electron chi connectivity index (χ2n) is 1.51. The van der Waals surface area contributed by atoms with Crippen molar-refractivity contribution in [3.63, 3.8) is 0 Å². The molecule has 1 rings (SSSR count). The summed E-state index contributed by atoms with van der Waals surface area (Å²) < 4.78 is 0. The summed E-state index contributed by atoms with van der Waals surface area (Å²) in [6.45, 7) is 0.202. The van der Waals surface area contributed by atoms with Gasteiger partial charge < -0.3 is 0 Å². The fourth-order valence-electron chi connectivity index (χ4n) is 0.456. The highest BCUT2D eigenvalue weighted by Gasteiger charge is 1.96. The van der Waals surface area contributed by atoms with Crippen molar-refractivity contribution in [2.75, 3.05) is 0 Å². The SMILES string of the molecule is Cn1nnc(CON)n1. The van der Waals surface area contributed by atoms with Gasteiger partial charge in [-0.3, -0.25) is 4.84 Å². The molecule has 0 bridgehead atoms. The molecule has 0 unspecified atom stereocenters. The summed E-state index contributed by atoms with van der Waals surface area (Å²) in [6, 6.07) is 0. The summed E-state index contributed by atoms with van der Waals surface area (Å²) in [6.07, 6.45) is 0. The van der Waals surface area contributed by atoms with Crippen LogP contribution in [0.15, 0.2) is 0 Å². The molecule has 0 amide bonds. The molecule has 50 valence electrons. The van der Waals surface area contributed by atoms with Crippen molar-refractivity contribution in [1.82, 2.24) is 20.2 Å². The Kier molecular flexibility index (Phi) is 1.71. The first-order valence-electron chi connectivity index (χ1n) is 2.37. The monoisotopic (exact) mass is 129 g/mol. The van der Waals surface area contributed by atoms with Crippen molar-refractivity contribution < 1.29 is 4.84 Å². The van der Waals surface area contributed by atoms with E-state index in [2.05, 4.69) is 20.2 Å². The first kappa shape index (κ1) is 6.12. The smallest absolute Gasteiger partial charge is 0.202 e. The third-order valence-electron chi connectivity index (χ3n) is 0.762. The van der Waals surface area contributed by atoms with Gasteiger partial charge in [0.1, 0.15) is 6.61 Å². The third kappa shape index (κ3) is 1.44. The largest absolute Gasteiger partial charge is 0.296 e. The summed E-state index contributed by atoms with van der Waals surface area (Å²) in [5, 5.41) is 10.9. The molecule has 9 heavy (non-hydrogen) atoms. The van der Waals surface area contributed by atoms with Crippen LogP contribution < -0.4 is 5.90 Å². The molecule has 0 aliphatic carbocycles. The van der Waals surface area contributed by atoms with Gasteiger partial charge in [0, 0.05) is 0 Å². The van der Waals surface area contributed by atoms with Crippen LogP contribution in [0.2, 0.25) is 0 Å². The molecule has 0 spiro atoms. The number of tetrazole rings is 1. The van der Waals surface area contributed by atoms with E-state index >= 15 is 0 Å². The maximum absolute atomic E-state index is 4.75. The molecule has 1 heterocycles. The molecule has 0 fully saturated rings. The lowest BCUT2D eigenvalue weighted by Gasteiger charge is -1.85. The Bertz CT molecular complexity index is 184. The van der Waals surface area contributed by atoms with Gasteiger partial charge in [-0.05, 0) is 5.21 Å².